The molecule has 1 heterocycles. The standard InChI is InChI=1S/C7H7BrClNO2/c1-11-4-12-6-5(9)2-3-10-7(6)8/h2-3H,4H2,1H3. The highest BCUT2D eigenvalue weighted by Crippen LogP contribution is 2.30. The average Bonchev–Trinajstić information content (AvgIpc) is 2.04. The Morgan fingerprint density at radius 1 is 1.67 bits per heavy atom. The molecule has 3 nitrogen and oxygen atoms in total. The molecule has 0 spiro atoms. The van der Waals surface area contributed by atoms with Gasteiger partial charge >= 0.3 is 0 Å². The number of aromatic nitrogens is 1. The fraction of sp³-hybridized carbons (Fsp3) is 0.286. The van der Waals surface area contributed by atoms with Crippen LogP contribution >= 0.6 is 27.5 Å². The summed E-state index contributed by atoms with van der Waals surface area (Å²) in [6.45, 7) is 0.157. The summed E-state index contributed by atoms with van der Waals surface area (Å²) in [6.07, 6.45) is 1.59. The van der Waals surface area contributed by atoms with Gasteiger partial charge in [-0.05, 0) is 22.0 Å². The number of methoxy groups -OCH3 is 1. The van der Waals surface area contributed by atoms with Crippen LogP contribution in [0.15, 0.2) is 16.9 Å². The largest absolute Gasteiger partial charge is 0.463 e. The maximum absolute atomic E-state index is 5.81. The second kappa shape index (κ2) is 4.64. The molecule has 0 radical (unpaired) electrons. The summed E-state index contributed by atoms with van der Waals surface area (Å²) in [5.74, 6) is 0.501. The lowest BCUT2D eigenvalue weighted by Crippen LogP contribution is -2.00. The van der Waals surface area contributed by atoms with Crippen molar-refractivity contribution in [2.75, 3.05) is 13.9 Å². The molecule has 0 saturated heterocycles. The number of nitrogens with zero attached hydrogens (tertiary/aromatic N) is 1. The Bertz CT molecular complexity index is 249. The molecule has 0 fully saturated rings. The van der Waals surface area contributed by atoms with E-state index in [0.29, 0.717) is 15.4 Å². The van der Waals surface area contributed by atoms with Gasteiger partial charge in [0.15, 0.2) is 12.5 Å². The molecule has 0 aliphatic heterocycles. The van der Waals surface area contributed by atoms with Gasteiger partial charge in [-0.15, -0.1) is 0 Å². The summed E-state index contributed by atoms with van der Waals surface area (Å²) in [7, 11) is 1.54. The van der Waals surface area contributed by atoms with E-state index < -0.39 is 0 Å². The van der Waals surface area contributed by atoms with Crippen molar-refractivity contribution in [3.63, 3.8) is 0 Å². The predicted octanol–water partition coefficient (Wildman–Crippen LogP) is 2.48. The molecule has 0 atom stereocenters. The highest BCUT2D eigenvalue weighted by molar-refractivity contribution is 9.10. The van der Waals surface area contributed by atoms with Gasteiger partial charge in [-0.1, -0.05) is 11.6 Å². The second-order valence-electron chi connectivity index (χ2n) is 1.96. The molecule has 1 aromatic heterocycles. The lowest BCUT2D eigenvalue weighted by molar-refractivity contribution is 0.0503. The second-order valence-corrected chi connectivity index (χ2v) is 3.12. The first-order valence-electron chi connectivity index (χ1n) is 3.17. The van der Waals surface area contributed by atoms with Gasteiger partial charge < -0.3 is 9.47 Å². The van der Waals surface area contributed by atoms with Crippen molar-refractivity contribution < 1.29 is 9.47 Å². The molecule has 0 bridgehead atoms. The van der Waals surface area contributed by atoms with Gasteiger partial charge in [0.1, 0.15) is 4.60 Å². The zero-order valence-corrected chi connectivity index (χ0v) is 8.72. The number of hydrogen-bond donors (Lipinski definition) is 0. The van der Waals surface area contributed by atoms with Crippen LogP contribution in [0.2, 0.25) is 5.02 Å². The Morgan fingerprint density at radius 2 is 2.42 bits per heavy atom. The van der Waals surface area contributed by atoms with E-state index in [0.717, 1.165) is 0 Å². The van der Waals surface area contributed by atoms with Crippen molar-refractivity contribution in [2.45, 2.75) is 0 Å². The Hall–Kier alpha value is -0.320. The molecule has 0 aromatic carbocycles. The van der Waals surface area contributed by atoms with Gasteiger partial charge in [0.25, 0.3) is 0 Å². The van der Waals surface area contributed by atoms with Crippen molar-refractivity contribution in [1.29, 1.82) is 0 Å². The van der Waals surface area contributed by atoms with Gasteiger partial charge in [0, 0.05) is 13.3 Å². The SMILES string of the molecule is COCOc1c(Cl)ccnc1Br. The Balaban J connectivity index is 2.81. The monoisotopic (exact) mass is 251 g/mol. The van der Waals surface area contributed by atoms with Crippen LogP contribution in [0, 0.1) is 0 Å². The molecule has 1 aromatic rings. The van der Waals surface area contributed by atoms with E-state index in [9.17, 15) is 0 Å². The first kappa shape index (κ1) is 9.77. The molecular weight excluding hydrogens is 245 g/mol. The Kier molecular flexibility index (Phi) is 3.78. The first-order chi connectivity index (χ1) is 5.75. The molecule has 0 aliphatic rings. The maximum Gasteiger partial charge on any atom is 0.188 e. The molecule has 0 saturated carbocycles. The van der Waals surface area contributed by atoms with E-state index in [2.05, 4.69) is 20.9 Å². The summed E-state index contributed by atoms with van der Waals surface area (Å²) in [4.78, 5) is 3.94. The normalized spacial score (nSPS) is 9.92. The third-order valence-corrected chi connectivity index (χ3v) is 2.00. The molecule has 5 heteroatoms. The fourth-order valence-electron chi connectivity index (χ4n) is 0.647. The molecular formula is C7H7BrClNO2. The number of rotatable bonds is 3. The summed E-state index contributed by atoms with van der Waals surface area (Å²) in [6, 6.07) is 1.65. The van der Waals surface area contributed by atoms with E-state index >= 15 is 0 Å². The lowest BCUT2D eigenvalue weighted by Gasteiger charge is -2.06. The van der Waals surface area contributed by atoms with Gasteiger partial charge in [-0.25, -0.2) is 4.98 Å². The van der Waals surface area contributed by atoms with Crippen LogP contribution in [0.1, 0.15) is 0 Å². The Labute approximate surface area is 83.8 Å². The maximum atomic E-state index is 5.81. The van der Waals surface area contributed by atoms with E-state index in [1.807, 2.05) is 0 Å². The van der Waals surface area contributed by atoms with Crippen LogP contribution < -0.4 is 4.74 Å². The van der Waals surface area contributed by atoms with Crippen LogP contribution in [0.4, 0.5) is 0 Å². The smallest absolute Gasteiger partial charge is 0.188 e. The van der Waals surface area contributed by atoms with Crippen molar-refractivity contribution in [3.8, 4) is 5.75 Å². The molecule has 66 valence electrons. The van der Waals surface area contributed by atoms with Gasteiger partial charge in [-0.2, -0.15) is 0 Å². The van der Waals surface area contributed by atoms with Crippen LogP contribution in [-0.2, 0) is 4.74 Å². The molecule has 0 N–H and O–H groups in total. The minimum atomic E-state index is 0.157. The number of hydrogen-bond acceptors (Lipinski definition) is 3. The van der Waals surface area contributed by atoms with E-state index in [-0.39, 0.29) is 6.79 Å². The molecule has 1 rings (SSSR count). The lowest BCUT2D eigenvalue weighted by atomic mass is 10.5. The number of ether oxygens (including phenoxy) is 2. The minimum absolute atomic E-state index is 0.157. The summed E-state index contributed by atoms with van der Waals surface area (Å²) in [5, 5.41) is 0.508. The van der Waals surface area contributed by atoms with Crippen LogP contribution in [0.5, 0.6) is 5.75 Å². The zero-order chi connectivity index (χ0) is 8.97. The highest BCUT2D eigenvalue weighted by Gasteiger charge is 2.06. The molecule has 0 aliphatic carbocycles. The average molecular weight is 252 g/mol. The quantitative estimate of drug-likeness (QED) is 0.612. The van der Waals surface area contributed by atoms with Crippen LogP contribution in [0.3, 0.4) is 0 Å². The molecule has 0 unspecified atom stereocenters. The van der Waals surface area contributed by atoms with Crippen molar-refractivity contribution >= 4 is 27.5 Å². The highest BCUT2D eigenvalue weighted by atomic mass is 79.9. The van der Waals surface area contributed by atoms with Crippen LogP contribution in [-0.4, -0.2) is 18.9 Å². The van der Waals surface area contributed by atoms with Gasteiger partial charge in [0.2, 0.25) is 0 Å². The summed E-state index contributed by atoms with van der Waals surface area (Å²) >= 11 is 9.02. The van der Waals surface area contributed by atoms with Crippen molar-refractivity contribution in [2.24, 2.45) is 0 Å². The number of halogens is 2. The molecule has 12 heavy (non-hydrogen) atoms. The van der Waals surface area contributed by atoms with E-state index in [1.165, 1.54) is 7.11 Å². The first-order valence-corrected chi connectivity index (χ1v) is 4.34. The Morgan fingerprint density at radius 3 is 3.00 bits per heavy atom. The topological polar surface area (TPSA) is 31.4 Å². The van der Waals surface area contributed by atoms with Crippen LogP contribution in [0.25, 0.3) is 0 Å². The van der Waals surface area contributed by atoms with Crippen molar-refractivity contribution in [1.82, 2.24) is 4.98 Å². The summed E-state index contributed by atoms with van der Waals surface area (Å²) in [5.41, 5.74) is 0. The third kappa shape index (κ3) is 2.33. The van der Waals surface area contributed by atoms with Crippen molar-refractivity contribution in [3.05, 3.63) is 21.9 Å². The van der Waals surface area contributed by atoms with Gasteiger partial charge in [-0.3, -0.25) is 0 Å². The molecule has 0 amide bonds. The minimum Gasteiger partial charge on any atom is -0.463 e. The fourth-order valence-corrected chi connectivity index (χ4v) is 1.41. The van der Waals surface area contributed by atoms with E-state index in [1.54, 1.807) is 12.3 Å². The van der Waals surface area contributed by atoms with Gasteiger partial charge in [0.05, 0.1) is 5.02 Å². The number of pyridine rings is 1. The zero-order valence-electron chi connectivity index (χ0n) is 6.38. The summed E-state index contributed by atoms with van der Waals surface area (Å²) < 4.78 is 10.5. The predicted molar refractivity (Wildman–Crippen MR) is 49.5 cm³/mol. The van der Waals surface area contributed by atoms with E-state index in [4.69, 9.17) is 21.1 Å². The third-order valence-electron chi connectivity index (χ3n) is 1.13.